The van der Waals surface area contributed by atoms with Crippen molar-refractivity contribution in [2.24, 2.45) is 13.0 Å². The van der Waals surface area contributed by atoms with E-state index in [1.54, 1.807) is 4.68 Å². The summed E-state index contributed by atoms with van der Waals surface area (Å²) in [6, 6.07) is 1.83. The molecule has 1 aliphatic carbocycles. The van der Waals surface area contributed by atoms with Crippen LogP contribution in [0.2, 0.25) is 0 Å². The maximum absolute atomic E-state index is 12.7. The van der Waals surface area contributed by atoms with E-state index >= 15 is 0 Å². The first-order chi connectivity index (χ1) is 12.0. The van der Waals surface area contributed by atoms with E-state index in [9.17, 15) is 4.79 Å². The highest BCUT2D eigenvalue weighted by Crippen LogP contribution is 2.26. The van der Waals surface area contributed by atoms with Crippen LogP contribution in [0, 0.1) is 19.8 Å². The van der Waals surface area contributed by atoms with E-state index in [2.05, 4.69) is 22.3 Å². The van der Waals surface area contributed by atoms with E-state index in [0.29, 0.717) is 30.7 Å². The zero-order chi connectivity index (χ0) is 18.0. The zero-order valence-electron chi connectivity index (χ0n) is 15.6. The normalized spacial score (nSPS) is 20.8. The Morgan fingerprint density at radius 3 is 2.88 bits per heavy atom. The molecule has 1 aliphatic rings. The third kappa shape index (κ3) is 3.84. The summed E-state index contributed by atoms with van der Waals surface area (Å²) in [4.78, 5) is 17.2. The van der Waals surface area contributed by atoms with Crippen molar-refractivity contribution in [1.29, 1.82) is 0 Å². The molecule has 1 amide bonds. The van der Waals surface area contributed by atoms with Crippen molar-refractivity contribution < 1.29 is 9.53 Å². The van der Waals surface area contributed by atoms with E-state index in [1.165, 1.54) is 19.3 Å². The van der Waals surface area contributed by atoms with Gasteiger partial charge in [-0.2, -0.15) is 5.10 Å². The van der Waals surface area contributed by atoms with Crippen LogP contribution in [-0.4, -0.2) is 39.9 Å². The van der Waals surface area contributed by atoms with Gasteiger partial charge in [-0.15, -0.1) is 0 Å². The Labute approximate surface area is 149 Å². The van der Waals surface area contributed by atoms with Crippen LogP contribution in [0.3, 0.4) is 0 Å². The number of hydrogen-bond acceptors (Lipinski definition) is 4. The molecule has 1 fully saturated rings. The van der Waals surface area contributed by atoms with Crippen molar-refractivity contribution >= 4 is 16.9 Å². The van der Waals surface area contributed by atoms with Crippen molar-refractivity contribution in [2.75, 3.05) is 13.2 Å². The Bertz CT molecular complexity index is 768. The molecule has 3 rings (SSSR count). The minimum atomic E-state index is -0.0908. The fourth-order valence-electron chi connectivity index (χ4n) is 3.75. The SMILES string of the molecule is Cc1cc(C(=O)NCCO[C@@H]2CCCC[C@H]2C)c2c(C)nn(C)c2n1. The lowest BCUT2D eigenvalue weighted by Gasteiger charge is -2.28. The first kappa shape index (κ1) is 17.9. The second-order valence-electron chi connectivity index (χ2n) is 7.15. The fraction of sp³-hybridized carbons (Fsp3) is 0.632. The molecule has 6 heteroatoms. The second kappa shape index (κ2) is 7.52. The highest BCUT2D eigenvalue weighted by Gasteiger charge is 2.22. The fourth-order valence-corrected chi connectivity index (χ4v) is 3.75. The van der Waals surface area contributed by atoms with Crippen LogP contribution < -0.4 is 5.32 Å². The molecule has 0 aliphatic heterocycles. The number of nitrogens with one attached hydrogen (secondary N) is 1. The van der Waals surface area contributed by atoms with E-state index in [0.717, 1.165) is 28.8 Å². The van der Waals surface area contributed by atoms with E-state index in [-0.39, 0.29) is 5.91 Å². The van der Waals surface area contributed by atoms with Gasteiger partial charge in [-0.05, 0) is 38.7 Å². The molecule has 1 N–H and O–H groups in total. The monoisotopic (exact) mass is 344 g/mol. The van der Waals surface area contributed by atoms with Crippen LogP contribution in [-0.2, 0) is 11.8 Å². The highest BCUT2D eigenvalue weighted by atomic mass is 16.5. The van der Waals surface area contributed by atoms with E-state index in [4.69, 9.17) is 4.74 Å². The average Bonchev–Trinajstić information content (AvgIpc) is 2.86. The number of fused-ring (bicyclic) bond motifs is 1. The number of aromatic nitrogens is 3. The quantitative estimate of drug-likeness (QED) is 0.847. The number of aryl methyl sites for hydroxylation is 3. The predicted octanol–water partition coefficient (Wildman–Crippen LogP) is 2.91. The maximum atomic E-state index is 12.7. The van der Waals surface area contributed by atoms with Crippen LogP contribution in [0.25, 0.3) is 11.0 Å². The van der Waals surface area contributed by atoms with Crippen molar-refractivity contribution in [2.45, 2.75) is 52.6 Å². The van der Waals surface area contributed by atoms with Gasteiger partial charge in [0.05, 0.1) is 29.4 Å². The number of carbonyl (C=O) groups is 1. The van der Waals surface area contributed by atoms with Crippen LogP contribution in [0.5, 0.6) is 0 Å². The van der Waals surface area contributed by atoms with Gasteiger partial charge >= 0.3 is 0 Å². The molecular weight excluding hydrogens is 316 g/mol. The summed E-state index contributed by atoms with van der Waals surface area (Å²) in [5.41, 5.74) is 3.02. The molecule has 0 unspecified atom stereocenters. The summed E-state index contributed by atoms with van der Waals surface area (Å²) < 4.78 is 7.70. The van der Waals surface area contributed by atoms with Gasteiger partial charge in [-0.1, -0.05) is 19.8 Å². The van der Waals surface area contributed by atoms with Gasteiger partial charge in [0, 0.05) is 19.3 Å². The number of amides is 1. The average molecular weight is 344 g/mol. The molecule has 0 bridgehead atoms. The Kier molecular flexibility index (Phi) is 5.37. The number of ether oxygens (including phenoxy) is 1. The molecular formula is C19H28N4O2. The van der Waals surface area contributed by atoms with Crippen molar-refractivity contribution in [1.82, 2.24) is 20.1 Å². The maximum Gasteiger partial charge on any atom is 0.252 e. The summed E-state index contributed by atoms with van der Waals surface area (Å²) >= 11 is 0. The number of rotatable bonds is 5. The Morgan fingerprint density at radius 2 is 2.12 bits per heavy atom. The minimum Gasteiger partial charge on any atom is -0.376 e. The first-order valence-corrected chi connectivity index (χ1v) is 9.18. The molecule has 0 aromatic carbocycles. The number of hydrogen-bond donors (Lipinski definition) is 1. The Morgan fingerprint density at radius 1 is 1.36 bits per heavy atom. The van der Waals surface area contributed by atoms with Gasteiger partial charge in [0.15, 0.2) is 5.65 Å². The topological polar surface area (TPSA) is 69.0 Å². The molecule has 2 heterocycles. The summed E-state index contributed by atoms with van der Waals surface area (Å²) in [6.07, 6.45) is 5.26. The van der Waals surface area contributed by atoms with Gasteiger partial charge in [-0.25, -0.2) is 4.98 Å². The molecule has 6 nitrogen and oxygen atoms in total. The lowest BCUT2D eigenvalue weighted by molar-refractivity contribution is -0.00293. The lowest BCUT2D eigenvalue weighted by atomic mass is 9.88. The lowest BCUT2D eigenvalue weighted by Crippen LogP contribution is -2.32. The number of pyridine rings is 1. The summed E-state index contributed by atoms with van der Waals surface area (Å²) in [7, 11) is 1.85. The Balaban J connectivity index is 1.63. The van der Waals surface area contributed by atoms with E-state index < -0.39 is 0 Å². The van der Waals surface area contributed by atoms with Gasteiger partial charge in [0.25, 0.3) is 5.91 Å². The molecule has 0 radical (unpaired) electrons. The van der Waals surface area contributed by atoms with E-state index in [1.807, 2.05) is 27.0 Å². The smallest absolute Gasteiger partial charge is 0.252 e. The minimum absolute atomic E-state index is 0.0908. The molecule has 2 aromatic rings. The van der Waals surface area contributed by atoms with Crippen LogP contribution in [0.1, 0.15) is 54.4 Å². The standard InChI is InChI=1S/C19H28N4O2/c1-12-7-5-6-8-16(12)25-10-9-20-19(24)15-11-13(2)21-18-17(15)14(3)22-23(18)4/h11-12,16H,5-10H2,1-4H3,(H,20,24)/t12-,16-/m1/s1. The molecule has 1 saturated carbocycles. The van der Waals surface area contributed by atoms with Crippen LogP contribution in [0.4, 0.5) is 0 Å². The summed E-state index contributed by atoms with van der Waals surface area (Å²) in [6.45, 7) is 7.13. The third-order valence-corrected chi connectivity index (χ3v) is 5.09. The molecule has 0 saturated heterocycles. The predicted molar refractivity (Wildman–Crippen MR) is 97.7 cm³/mol. The van der Waals surface area contributed by atoms with Crippen molar-refractivity contribution in [3.8, 4) is 0 Å². The molecule has 136 valence electrons. The first-order valence-electron chi connectivity index (χ1n) is 9.18. The molecule has 2 atom stereocenters. The van der Waals surface area contributed by atoms with Crippen LogP contribution in [0.15, 0.2) is 6.07 Å². The van der Waals surface area contributed by atoms with Gasteiger partial charge in [0.1, 0.15) is 0 Å². The van der Waals surface area contributed by atoms with Crippen molar-refractivity contribution in [3.63, 3.8) is 0 Å². The largest absolute Gasteiger partial charge is 0.376 e. The van der Waals surface area contributed by atoms with Gasteiger partial charge in [-0.3, -0.25) is 9.48 Å². The number of nitrogens with zero attached hydrogens (tertiary/aromatic N) is 3. The summed E-state index contributed by atoms with van der Waals surface area (Å²) in [5.74, 6) is 0.525. The van der Waals surface area contributed by atoms with Gasteiger partial charge < -0.3 is 10.1 Å². The Hall–Kier alpha value is -1.95. The molecule has 25 heavy (non-hydrogen) atoms. The molecule has 0 spiro atoms. The zero-order valence-corrected chi connectivity index (χ0v) is 15.6. The van der Waals surface area contributed by atoms with Crippen molar-refractivity contribution in [3.05, 3.63) is 23.0 Å². The third-order valence-electron chi connectivity index (χ3n) is 5.09. The highest BCUT2D eigenvalue weighted by molar-refractivity contribution is 6.06. The summed E-state index contributed by atoms with van der Waals surface area (Å²) in [5, 5.41) is 8.20. The van der Waals surface area contributed by atoms with Gasteiger partial charge in [0.2, 0.25) is 0 Å². The molecule has 2 aromatic heterocycles. The number of carbonyl (C=O) groups excluding carboxylic acids is 1. The second-order valence-corrected chi connectivity index (χ2v) is 7.15. The van der Waals surface area contributed by atoms with Crippen LogP contribution >= 0.6 is 0 Å².